The minimum absolute atomic E-state index is 0.0319. The van der Waals surface area contributed by atoms with E-state index in [1.165, 1.54) is 16.6 Å². The Morgan fingerprint density at radius 3 is 2.90 bits per heavy atom. The number of aromatic amines is 1. The van der Waals surface area contributed by atoms with Crippen molar-refractivity contribution in [3.8, 4) is 34.3 Å². The number of hydrogen-bond donors (Lipinski definition) is 1. The maximum absolute atomic E-state index is 5.85. The molecule has 6 nitrogen and oxygen atoms in total. The number of nitrogens with one attached hydrogen (secondary N) is 1. The summed E-state index contributed by atoms with van der Waals surface area (Å²) in [6.45, 7) is 3.95. The van der Waals surface area contributed by atoms with Crippen LogP contribution in [0.25, 0.3) is 33.7 Å². The van der Waals surface area contributed by atoms with E-state index in [0.717, 1.165) is 23.9 Å². The van der Waals surface area contributed by atoms with Crippen molar-refractivity contribution in [3.05, 3.63) is 54.1 Å². The van der Waals surface area contributed by atoms with Gasteiger partial charge in [-0.1, -0.05) is 11.2 Å². The molecule has 0 saturated carbocycles. The van der Waals surface area contributed by atoms with Gasteiger partial charge in [0, 0.05) is 28.6 Å². The molecule has 2 heterocycles. The molecule has 6 heteroatoms. The number of aryl methyl sites for hydroxylation is 1. The van der Waals surface area contributed by atoms with Crippen molar-refractivity contribution in [1.82, 2.24) is 15.1 Å². The van der Waals surface area contributed by atoms with Gasteiger partial charge in [-0.3, -0.25) is 0 Å². The number of ether oxygens (including phenoxy) is 2. The fourth-order valence-electron chi connectivity index (χ4n) is 3.90. The number of fused-ring (bicyclic) bond motifs is 3. The number of benzene rings is 2. The Kier molecular flexibility index (Phi) is 4.27. The Balaban J connectivity index is 1.54. The van der Waals surface area contributed by atoms with Gasteiger partial charge >= 0.3 is 0 Å². The summed E-state index contributed by atoms with van der Waals surface area (Å²) in [7, 11) is 1.61. The van der Waals surface area contributed by atoms with Crippen LogP contribution in [-0.2, 0) is 6.42 Å². The van der Waals surface area contributed by atoms with Gasteiger partial charge in [0.1, 0.15) is 0 Å². The molecule has 0 unspecified atom stereocenters. The molecule has 4 aromatic rings. The van der Waals surface area contributed by atoms with Crippen molar-refractivity contribution in [1.29, 1.82) is 0 Å². The second kappa shape index (κ2) is 6.95. The smallest absolute Gasteiger partial charge is 0.262 e. The molecule has 2 aromatic heterocycles. The van der Waals surface area contributed by atoms with Gasteiger partial charge in [-0.15, -0.1) is 0 Å². The molecule has 29 heavy (non-hydrogen) atoms. The average molecular weight is 388 g/mol. The van der Waals surface area contributed by atoms with Crippen LogP contribution in [0.1, 0.15) is 31.5 Å². The summed E-state index contributed by atoms with van der Waals surface area (Å²) in [6, 6.07) is 11.9. The lowest BCUT2D eigenvalue weighted by Gasteiger charge is -2.14. The molecule has 0 fully saturated rings. The predicted octanol–water partition coefficient (Wildman–Crippen LogP) is 5.18. The van der Waals surface area contributed by atoms with Crippen LogP contribution in [0.4, 0.5) is 0 Å². The summed E-state index contributed by atoms with van der Waals surface area (Å²) in [6.07, 6.45) is 4.43. The monoisotopic (exact) mass is 388 g/mol. The van der Waals surface area contributed by atoms with Gasteiger partial charge in [0.05, 0.1) is 18.8 Å². The molecule has 147 valence electrons. The zero-order valence-corrected chi connectivity index (χ0v) is 16.7. The highest BCUT2D eigenvalue weighted by Crippen LogP contribution is 2.39. The zero-order valence-electron chi connectivity index (χ0n) is 16.7. The molecule has 1 N–H and O–H groups in total. The largest absolute Gasteiger partial charge is 0.492 e. The summed E-state index contributed by atoms with van der Waals surface area (Å²) in [5.74, 6) is 2.20. The van der Waals surface area contributed by atoms with E-state index in [4.69, 9.17) is 14.0 Å². The van der Waals surface area contributed by atoms with Crippen LogP contribution >= 0.6 is 0 Å². The van der Waals surface area contributed by atoms with Gasteiger partial charge < -0.3 is 19.0 Å². The molecule has 0 aliphatic heterocycles. The van der Waals surface area contributed by atoms with Crippen molar-refractivity contribution >= 4 is 10.9 Å². The van der Waals surface area contributed by atoms with Gasteiger partial charge in [-0.05, 0) is 62.6 Å². The first-order valence-corrected chi connectivity index (χ1v) is 9.80. The molecule has 1 aliphatic rings. The van der Waals surface area contributed by atoms with Crippen LogP contribution in [0.15, 0.2) is 40.9 Å². The highest BCUT2D eigenvalue weighted by molar-refractivity contribution is 5.89. The van der Waals surface area contributed by atoms with Crippen LogP contribution in [0.2, 0.25) is 0 Å². The van der Waals surface area contributed by atoms with Gasteiger partial charge in [0.2, 0.25) is 5.82 Å². The topological polar surface area (TPSA) is 73.2 Å². The highest BCUT2D eigenvalue weighted by Gasteiger charge is 2.21. The number of aromatic nitrogens is 3. The van der Waals surface area contributed by atoms with E-state index in [1.54, 1.807) is 7.11 Å². The van der Waals surface area contributed by atoms with Crippen molar-refractivity contribution in [3.63, 3.8) is 0 Å². The van der Waals surface area contributed by atoms with Gasteiger partial charge in [0.15, 0.2) is 11.5 Å². The summed E-state index contributed by atoms with van der Waals surface area (Å²) >= 11 is 0. The fourth-order valence-corrected chi connectivity index (χ4v) is 3.90. The summed E-state index contributed by atoms with van der Waals surface area (Å²) in [4.78, 5) is 8.11. The zero-order chi connectivity index (χ0) is 20.0. The second-order valence-corrected chi connectivity index (χ2v) is 7.45. The molecule has 1 radical (unpaired) electrons. The Morgan fingerprint density at radius 1 is 1.17 bits per heavy atom. The molecular weight excluding hydrogens is 366 g/mol. The third-order valence-electron chi connectivity index (χ3n) is 5.14. The predicted molar refractivity (Wildman–Crippen MR) is 111 cm³/mol. The van der Waals surface area contributed by atoms with Gasteiger partial charge in [0.25, 0.3) is 5.89 Å². The van der Waals surface area contributed by atoms with E-state index in [-0.39, 0.29) is 6.10 Å². The van der Waals surface area contributed by atoms with Crippen LogP contribution in [0.3, 0.4) is 0 Å². The van der Waals surface area contributed by atoms with Gasteiger partial charge in [-0.2, -0.15) is 4.98 Å². The number of methoxy groups -OCH3 is 1. The number of nitrogens with zero attached hydrogens (tertiary/aromatic N) is 2. The molecule has 1 aliphatic carbocycles. The normalized spacial score (nSPS) is 13.2. The van der Waals surface area contributed by atoms with Crippen LogP contribution in [0, 0.1) is 6.42 Å². The van der Waals surface area contributed by atoms with E-state index in [1.807, 2.05) is 38.1 Å². The number of hydrogen-bond acceptors (Lipinski definition) is 5. The van der Waals surface area contributed by atoms with E-state index in [2.05, 4.69) is 33.7 Å². The van der Waals surface area contributed by atoms with E-state index in [0.29, 0.717) is 28.8 Å². The molecule has 0 bridgehead atoms. The summed E-state index contributed by atoms with van der Waals surface area (Å²) in [5, 5.41) is 5.44. The lowest BCUT2D eigenvalue weighted by molar-refractivity contribution is 0.230. The first-order valence-electron chi connectivity index (χ1n) is 9.80. The Bertz CT molecular complexity index is 1190. The Morgan fingerprint density at radius 2 is 2.07 bits per heavy atom. The van der Waals surface area contributed by atoms with Gasteiger partial charge in [-0.25, -0.2) is 0 Å². The van der Waals surface area contributed by atoms with E-state index < -0.39 is 0 Å². The van der Waals surface area contributed by atoms with Crippen LogP contribution < -0.4 is 9.47 Å². The van der Waals surface area contributed by atoms with Crippen LogP contribution in [-0.4, -0.2) is 28.3 Å². The average Bonchev–Trinajstić information content (AvgIpc) is 3.43. The number of para-hydroxylation sites is 1. The van der Waals surface area contributed by atoms with Crippen molar-refractivity contribution in [2.24, 2.45) is 0 Å². The van der Waals surface area contributed by atoms with Crippen molar-refractivity contribution < 1.29 is 14.0 Å². The summed E-state index contributed by atoms with van der Waals surface area (Å²) < 4.78 is 17.0. The maximum Gasteiger partial charge on any atom is 0.262 e. The lowest BCUT2D eigenvalue weighted by atomic mass is 10.1. The van der Waals surface area contributed by atoms with Crippen molar-refractivity contribution in [2.45, 2.75) is 32.8 Å². The molecule has 2 aromatic carbocycles. The first kappa shape index (κ1) is 17.8. The molecule has 0 amide bonds. The van der Waals surface area contributed by atoms with Crippen molar-refractivity contribution in [2.75, 3.05) is 7.11 Å². The SMILES string of the molecule is COc1c(OC(C)C)cccc1-c1nc(-c2ccc3[nH]c4c(c3c2)CC[CH]4)no1. The van der Waals surface area contributed by atoms with E-state index in [9.17, 15) is 0 Å². The standard InChI is InChI=1S/C23H22N3O3/c1-13(2)28-20-9-5-7-16(21(20)27-3)23-25-22(26-29-23)14-10-11-19-17(12-14)15-6-4-8-18(15)24-19/h5,7-13,24H,4,6H2,1-3H3. The third kappa shape index (κ3) is 3.05. The Labute approximate surface area is 168 Å². The highest BCUT2D eigenvalue weighted by atomic mass is 16.5. The molecule has 0 atom stereocenters. The number of rotatable bonds is 5. The third-order valence-corrected chi connectivity index (χ3v) is 5.14. The quantitative estimate of drug-likeness (QED) is 0.510. The molecule has 5 rings (SSSR count). The summed E-state index contributed by atoms with van der Waals surface area (Å²) in [5.41, 5.74) is 5.37. The van der Waals surface area contributed by atoms with Crippen LogP contribution in [0.5, 0.6) is 11.5 Å². The van der Waals surface area contributed by atoms with E-state index >= 15 is 0 Å². The second-order valence-electron chi connectivity index (χ2n) is 7.45. The lowest BCUT2D eigenvalue weighted by Crippen LogP contribution is -2.07. The minimum atomic E-state index is 0.0319. The molecule has 0 spiro atoms. The first-order chi connectivity index (χ1) is 14.1. The fraction of sp³-hybridized carbons (Fsp3) is 0.261. The molecule has 0 saturated heterocycles. The maximum atomic E-state index is 5.85. The molecular formula is C23H22N3O3. The minimum Gasteiger partial charge on any atom is -0.492 e. The Hall–Kier alpha value is -3.28. The number of H-pyrrole nitrogens is 1.